The zero-order valence-corrected chi connectivity index (χ0v) is 11.8. The molecule has 4 nitrogen and oxygen atoms in total. The fourth-order valence-corrected chi connectivity index (χ4v) is 2.40. The van der Waals surface area contributed by atoms with Crippen LogP contribution in [0.4, 0.5) is 0 Å². The predicted molar refractivity (Wildman–Crippen MR) is 80.6 cm³/mol. The van der Waals surface area contributed by atoms with Gasteiger partial charge in [-0.1, -0.05) is 35.9 Å². The normalized spacial score (nSPS) is 13.8. The molecule has 0 fully saturated rings. The average Bonchev–Trinajstić information content (AvgIpc) is 3.01. The van der Waals surface area contributed by atoms with Crippen molar-refractivity contribution in [2.45, 2.75) is 19.1 Å². The van der Waals surface area contributed by atoms with Gasteiger partial charge in [-0.25, -0.2) is 4.98 Å². The van der Waals surface area contributed by atoms with Crippen LogP contribution in [0.3, 0.4) is 0 Å². The monoisotopic (exact) mass is 279 g/mol. The van der Waals surface area contributed by atoms with Gasteiger partial charge in [0, 0.05) is 18.6 Å². The van der Waals surface area contributed by atoms with Crippen molar-refractivity contribution in [3.63, 3.8) is 0 Å². The highest BCUT2D eigenvalue weighted by atomic mass is 16.3. The fourth-order valence-electron chi connectivity index (χ4n) is 2.40. The highest BCUT2D eigenvalue weighted by Gasteiger charge is 2.33. The first kappa shape index (κ1) is 13.5. The van der Waals surface area contributed by atoms with Crippen molar-refractivity contribution in [2.24, 2.45) is 0 Å². The van der Waals surface area contributed by atoms with Crippen molar-refractivity contribution in [2.75, 3.05) is 0 Å². The lowest BCUT2D eigenvalue weighted by molar-refractivity contribution is 0.0567. The van der Waals surface area contributed by atoms with Crippen LogP contribution in [-0.4, -0.2) is 19.6 Å². The molecule has 2 heterocycles. The van der Waals surface area contributed by atoms with Gasteiger partial charge in [0.1, 0.15) is 5.60 Å². The Balaban J connectivity index is 2.08. The summed E-state index contributed by atoms with van der Waals surface area (Å²) in [6, 6.07) is 13.5. The number of aryl methyl sites for hydroxylation is 1. The largest absolute Gasteiger partial charge is 0.377 e. The fraction of sp³-hybridized carbons (Fsp3) is 0.176. The van der Waals surface area contributed by atoms with Gasteiger partial charge < -0.3 is 9.67 Å². The second-order valence-electron chi connectivity index (χ2n) is 5.18. The maximum atomic E-state index is 11.3. The molecule has 0 aliphatic rings. The van der Waals surface area contributed by atoms with Gasteiger partial charge in [0.2, 0.25) is 0 Å². The van der Waals surface area contributed by atoms with Crippen molar-refractivity contribution >= 4 is 0 Å². The molecule has 106 valence electrons. The minimum absolute atomic E-state index is 0.368. The molecule has 2 aromatic heterocycles. The molecule has 0 aliphatic carbocycles. The summed E-state index contributed by atoms with van der Waals surface area (Å²) >= 11 is 0. The third-order valence-corrected chi connectivity index (χ3v) is 3.59. The molecule has 1 atom stereocenters. The van der Waals surface area contributed by atoms with Crippen molar-refractivity contribution in [1.29, 1.82) is 0 Å². The molecule has 1 N–H and O–H groups in total. The molecule has 0 spiro atoms. The van der Waals surface area contributed by atoms with Crippen LogP contribution in [0.1, 0.15) is 16.8 Å². The molecule has 0 amide bonds. The Morgan fingerprint density at radius 2 is 1.90 bits per heavy atom. The third kappa shape index (κ3) is 2.71. The van der Waals surface area contributed by atoms with Crippen molar-refractivity contribution in [3.8, 4) is 0 Å². The van der Waals surface area contributed by atoms with Gasteiger partial charge in [-0.3, -0.25) is 4.98 Å². The van der Waals surface area contributed by atoms with Crippen molar-refractivity contribution in [1.82, 2.24) is 14.5 Å². The van der Waals surface area contributed by atoms with Crippen LogP contribution in [0.2, 0.25) is 0 Å². The zero-order valence-electron chi connectivity index (χ0n) is 11.8. The maximum Gasteiger partial charge on any atom is 0.149 e. The van der Waals surface area contributed by atoms with Crippen molar-refractivity contribution in [3.05, 3.63) is 84.2 Å². The lowest BCUT2D eigenvalue weighted by atomic mass is 9.89. The van der Waals surface area contributed by atoms with Crippen LogP contribution in [0.25, 0.3) is 0 Å². The SMILES string of the molecule is Cc1ccc(C(O)(Cn2ccnc2)c2ccccn2)cc1. The minimum Gasteiger partial charge on any atom is -0.377 e. The molecule has 4 heteroatoms. The lowest BCUT2D eigenvalue weighted by Crippen LogP contribution is -2.33. The first-order valence-electron chi connectivity index (χ1n) is 6.85. The van der Waals surface area contributed by atoms with E-state index in [0.29, 0.717) is 12.2 Å². The van der Waals surface area contributed by atoms with Crippen LogP contribution in [-0.2, 0) is 12.1 Å². The highest BCUT2D eigenvalue weighted by molar-refractivity contribution is 5.34. The van der Waals surface area contributed by atoms with E-state index in [1.165, 1.54) is 0 Å². The first-order valence-corrected chi connectivity index (χ1v) is 6.85. The number of aromatic nitrogens is 3. The molecule has 0 radical (unpaired) electrons. The van der Waals surface area contributed by atoms with Crippen LogP contribution in [0, 0.1) is 6.92 Å². The molecule has 0 saturated carbocycles. The van der Waals surface area contributed by atoms with Gasteiger partial charge in [-0.2, -0.15) is 0 Å². The standard InChI is InChI=1S/C17H17N3O/c1-14-5-7-15(8-6-14)17(21,12-20-11-10-18-13-20)16-4-2-3-9-19-16/h2-11,13,21H,12H2,1H3. The number of nitrogens with zero attached hydrogens (tertiary/aromatic N) is 3. The Bertz CT molecular complexity index is 693. The Hall–Kier alpha value is -2.46. The zero-order chi connectivity index (χ0) is 14.7. The van der Waals surface area contributed by atoms with Crippen LogP contribution in [0.5, 0.6) is 0 Å². The Morgan fingerprint density at radius 3 is 2.52 bits per heavy atom. The van der Waals surface area contributed by atoms with E-state index in [0.717, 1.165) is 11.1 Å². The predicted octanol–water partition coefficient (Wildman–Crippen LogP) is 2.52. The van der Waals surface area contributed by atoms with Crippen LogP contribution < -0.4 is 0 Å². The van der Waals surface area contributed by atoms with Crippen LogP contribution in [0.15, 0.2) is 67.4 Å². The number of hydrogen-bond acceptors (Lipinski definition) is 3. The number of pyridine rings is 1. The molecule has 0 bridgehead atoms. The summed E-state index contributed by atoms with van der Waals surface area (Å²) in [4.78, 5) is 8.39. The number of benzene rings is 1. The summed E-state index contributed by atoms with van der Waals surface area (Å²) in [6.07, 6.45) is 6.93. The summed E-state index contributed by atoms with van der Waals surface area (Å²) in [6.45, 7) is 2.40. The molecule has 3 rings (SSSR count). The topological polar surface area (TPSA) is 50.9 Å². The van der Waals surface area contributed by atoms with Gasteiger partial charge in [0.15, 0.2) is 0 Å². The van der Waals surface area contributed by atoms with E-state index in [-0.39, 0.29) is 0 Å². The minimum atomic E-state index is -1.18. The maximum absolute atomic E-state index is 11.3. The summed E-state index contributed by atoms with van der Waals surface area (Å²) in [5.74, 6) is 0. The summed E-state index contributed by atoms with van der Waals surface area (Å²) < 4.78 is 1.86. The Kier molecular flexibility index (Phi) is 3.54. The second-order valence-corrected chi connectivity index (χ2v) is 5.18. The smallest absolute Gasteiger partial charge is 0.149 e. The van der Waals surface area contributed by atoms with E-state index < -0.39 is 5.60 Å². The Labute approximate surface area is 123 Å². The van der Waals surface area contributed by atoms with E-state index in [4.69, 9.17) is 0 Å². The van der Waals surface area contributed by atoms with Gasteiger partial charge in [0.05, 0.1) is 18.6 Å². The molecule has 1 aromatic carbocycles. The molecule has 21 heavy (non-hydrogen) atoms. The lowest BCUT2D eigenvalue weighted by Gasteiger charge is -2.28. The quantitative estimate of drug-likeness (QED) is 0.798. The molecule has 3 aromatic rings. The third-order valence-electron chi connectivity index (χ3n) is 3.59. The van der Waals surface area contributed by atoms with E-state index in [1.54, 1.807) is 18.7 Å². The molecular formula is C17H17N3O. The molecule has 0 aliphatic heterocycles. The van der Waals surface area contributed by atoms with Gasteiger partial charge in [-0.15, -0.1) is 0 Å². The summed E-state index contributed by atoms with van der Waals surface area (Å²) in [5.41, 5.74) is 1.42. The summed E-state index contributed by atoms with van der Waals surface area (Å²) in [5, 5.41) is 11.3. The molecule has 0 saturated heterocycles. The van der Waals surface area contributed by atoms with Crippen molar-refractivity contribution < 1.29 is 5.11 Å². The number of aliphatic hydroxyl groups is 1. The second kappa shape index (κ2) is 5.50. The highest BCUT2D eigenvalue weighted by Crippen LogP contribution is 2.30. The van der Waals surface area contributed by atoms with E-state index in [1.807, 2.05) is 60.2 Å². The average molecular weight is 279 g/mol. The van der Waals surface area contributed by atoms with Gasteiger partial charge in [0.25, 0.3) is 0 Å². The first-order chi connectivity index (χ1) is 10.2. The molecule has 1 unspecified atom stereocenters. The molecular weight excluding hydrogens is 262 g/mol. The van der Waals surface area contributed by atoms with Crippen LogP contribution >= 0.6 is 0 Å². The number of rotatable bonds is 4. The van der Waals surface area contributed by atoms with Gasteiger partial charge >= 0.3 is 0 Å². The van der Waals surface area contributed by atoms with Gasteiger partial charge in [-0.05, 0) is 24.6 Å². The van der Waals surface area contributed by atoms with E-state index in [9.17, 15) is 5.11 Å². The van der Waals surface area contributed by atoms with E-state index >= 15 is 0 Å². The Morgan fingerprint density at radius 1 is 1.10 bits per heavy atom. The number of hydrogen-bond donors (Lipinski definition) is 1. The summed E-state index contributed by atoms with van der Waals surface area (Å²) in [7, 11) is 0. The van der Waals surface area contributed by atoms with E-state index in [2.05, 4.69) is 9.97 Å². The number of imidazole rings is 1.